The van der Waals surface area contributed by atoms with E-state index in [1.54, 1.807) is 6.92 Å². The number of anilines is 1. The molecule has 17 heavy (non-hydrogen) atoms. The van der Waals surface area contributed by atoms with E-state index in [0.29, 0.717) is 0 Å². The van der Waals surface area contributed by atoms with E-state index in [1.165, 1.54) is 0 Å². The Kier molecular flexibility index (Phi) is 3.43. The molecule has 1 heterocycles. The molecule has 0 aliphatic heterocycles. The van der Waals surface area contributed by atoms with Gasteiger partial charge >= 0.3 is 0 Å². The molecule has 0 saturated carbocycles. The van der Waals surface area contributed by atoms with Crippen molar-refractivity contribution in [3.63, 3.8) is 0 Å². The van der Waals surface area contributed by atoms with Crippen molar-refractivity contribution < 1.29 is 4.79 Å². The Bertz CT molecular complexity index is 566. The Hall–Kier alpha value is -1.42. The molecule has 2 aromatic rings. The van der Waals surface area contributed by atoms with E-state index in [9.17, 15) is 4.79 Å². The summed E-state index contributed by atoms with van der Waals surface area (Å²) < 4.78 is 0. The average Bonchev–Trinajstić information content (AvgIpc) is 2.29. The standard InChI is InChI=1S/C13H13BrN2O/c1-8-3-4-10-7-11(5-6-12(10)15-8)16-13(17)9(2)14/h3-7,9H,1-2H3,(H,16,17)/t9-/m1/s1. The molecule has 1 aromatic carbocycles. The van der Waals surface area contributed by atoms with Crippen molar-refractivity contribution in [2.45, 2.75) is 18.7 Å². The number of hydrogen-bond donors (Lipinski definition) is 1. The van der Waals surface area contributed by atoms with Gasteiger partial charge in [0.1, 0.15) is 0 Å². The van der Waals surface area contributed by atoms with Gasteiger partial charge in [-0.1, -0.05) is 22.0 Å². The molecule has 0 spiro atoms. The van der Waals surface area contributed by atoms with E-state index in [-0.39, 0.29) is 10.7 Å². The van der Waals surface area contributed by atoms with E-state index in [4.69, 9.17) is 0 Å². The van der Waals surface area contributed by atoms with Gasteiger partial charge in [0.25, 0.3) is 0 Å². The number of rotatable bonds is 2. The van der Waals surface area contributed by atoms with Crippen LogP contribution < -0.4 is 5.32 Å². The van der Waals surface area contributed by atoms with Gasteiger partial charge in [0.05, 0.1) is 10.3 Å². The van der Waals surface area contributed by atoms with Gasteiger partial charge in [-0.15, -0.1) is 0 Å². The number of alkyl halides is 1. The maximum Gasteiger partial charge on any atom is 0.237 e. The molecule has 4 heteroatoms. The molecule has 0 fully saturated rings. The fourth-order valence-electron chi connectivity index (χ4n) is 1.55. The second kappa shape index (κ2) is 4.84. The number of pyridine rings is 1. The largest absolute Gasteiger partial charge is 0.325 e. The summed E-state index contributed by atoms with van der Waals surface area (Å²) in [4.78, 5) is 15.7. The van der Waals surface area contributed by atoms with Gasteiger partial charge in [-0.05, 0) is 38.1 Å². The number of nitrogens with zero attached hydrogens (tertiary/aromatic N) is 1. The molecule has 0 bridgehead atoms. The van der Waals surface area contributed by atoms with Crippen molar-refractivity contribution in [2.75, 3.05) is 5.32 Å². The Morgan fingerprint density at radius 3 is 2.82 bits per heavy atom. The summed E-state index contributed by atoms with van der Waals surface area (Å²) in [5.41, 5.74) is 2.72. The van der Waals surface area contributed by atoms with Crippen molar-refractivity contribution in [1.82, 2.24) is 4.98 Å². The van der Waals surface area contributed by atoms with Crippen LogP contribution in [0.15, 0.2) is 30.3 Å². The molecular formula is C13H13BrN2O. The summed E-state index contributed by atoms with van der Waals surface area (Å²) in [6.07, 6.45) is 0. The maximum absolute atomic E-state index is 11.5. The van der Waals surface area contributed by atoms with Crippen LogP contribution in [-0.2, 0) is 4.79 Å². The van der Waals surface area contributed by atoms with E-state index < -0.39 is 0 Å². The number of carbonyl (C=O) groups excluding carboxylic acids is 1. The molecule has 0 saturated heterocycles. The number of aromatic nitrogens is 1. The van der Waals surface area contributed by atoms with Crippen molar-refractivity contribution in [2.24, 2.45) is 0 Å². The number of halogens is 1. The van der Waals surface area contributed by atoms with Gasteiger partial charge in [-0.2, -0.15) is 0 Å². The van der Waals surface area contributed by atoms with Crippen LogP contribution in [0.1, 0.15) is 12.6 Å². The summed E-state index contributed by atoms with van der Waals surface area (Å²) in [5.74, 6) is -0.0515. The summed E-state index contributed by atoms with van der Waals surface area (Å²) in [6.45, 7) is 3.75. The van der Waals surface area contributed by atoms with Gasteiger partial charge in [0.15, 0.2) is 0 Å². The van der Waals surface area contributed by atoms with Gasteiger partial charge in [0, 0.05) is 16.8 Å². The number of nitrogens with one attached hydrogen (secondary N) is 1. The van der Waals surface area contributed by atoms with Crippen LogP contribution in [0.2, 0.25) is 0 Å². The monoisotopic (exact) mass is 292 g/mol. The highest BCUT2D eigenvalue weighted by Crippen LogP contribution is 2.18. The summed E-state index contributed by atoms with van der Waals surface area (Å²) >= 11 is 3.23. The molecule has 1 aromatic heterocycles. The van der Waals surface area contributed by atoms with Gasteiger partial charge in [-0.25, -0.2) is 0 Å². The zero-order valence-electron chi connectivity index (χ0n) is 9.70. The van der Waals surface area contributed by atoms with E-state index in [2.05, 4.69) is 26.2 Å². The summed E-state index contributed by atoms with van der Waals surface area (Å²) in [7, 11) is 0. The minimum atomic E-state index is -0.200. The molecular weight excluding hydrogens is 280 g/mol. The average molecular weight is 293 g/mol. The molecule has 1 N–H and O–H groups in total. The van der Waals surface area contributed by atoms with Crippen LogP contribution in [0, 0.1) is 6.92 Å². The molecule has 88 valence electrons. The second-order valence-electron chi connectivity index (χ2n) is 3.97. The zero-order valence-corrected chi connectivity index (χ0v) is 11.3. The Morgan fingerprint density at radius 2 is 2.12 bits per heavy atom. The Balaban J connectivity index is 2.32. The Morgan fingerprint density at radius 1 is 1.35 bits per heavy atom. The SMILES string of the molecule is Cc1ccc2cc(NC(=O)[C@@H](C)Br)ccc2n1. The van der Waals surface area contributed by atoms with Gasteiger partial charge < -0.3 is 5.32 Å². The van der Waals surface area contributed by atoms with Crippen LogP contribution in [-0.4, -0.2) is 15.7 Å². The minimum absolute atomic E-state index is 0.0515. The lowest BCUT2D eigenvalue weighted by Crippen LogP contribution is -2.19. The zero-order chi connectivity index (χ0) is 12.4. The molecule has 2 rings (SSSR count). The lowest BCUT2D eigenvalue weighted by Gasteiger charge is -2.07. The third-order valence-corrected chi connectivity index (χ3v) is 2.87. The van der Waals surface area contributed by atoms with Gasteiger partial charge in [-0.3, -0.25) is 9.78 Å². The first-order valence-electron chi connectivity index (χ1n) is 5.38. The number of fused-ring (bicyclic) bond motifs is 1. The number of aryl methyl sites for hydroxylation is 1. The topological polar surface area (TPSA) is 42.0 Å². The van der Waals surface area contributed by atoms with Crippen LogP contribution in [0.4, 0.5) is 5.69 Å². The van der Waals surface area contributed by atoms with E-state index in [0.717, 1.165) is 22.3 Å². The van der Waals surface area contributed by atoms with Gasteiger partial charge in [0.2, 0.25) is 5.91 Å². The van der Waals surface area contributed by atoms with Crippen LogP contribution in [0.3, 0.4) is 0 Å². The fraction of sp³-hybridized carbons (Fsp3) is 0.231. The van der Waals surface area contributed by atoms with Crippen LogP contribution >= 0.6 is 15.9 Å². The summed E-state index contributed by atoms with van der Waals surface area (Å²) in [5, 5.41) is 3.86. The number of amides is 1. The molecule has 0 aliphatic rings. The van der Waals surface area contributed by atoms with E-state index in [1.807, 2.05) is 37.3 Å². The molecule has 0 aliphatic carbocycles. The smallest absolute Gasteiger partial charge is 0.237 e. The highest BCUT2D eigenvalue weighted by Gasteiger charge is 2.08. The lowest BCUT2D eigenvalue weighted by atomic mass is 10.2. The van der Waals surface area contributed by atoms with Crippen molar-refractivity contribution in [3.05, 3.63) is 36.0 Å². The highest BCUT2D eigenvalue weighted by molar-refractivity contribution is 9.10. The second-order valence-corrected chi connectivity index (χ2v) is 5.34. The summed E-state index contributed by atoms with van der Waals surface area (Å²) in [6, 6.07) is 9.67. The molecule has 1 atom stereocenters. The predicted octanol–water partition coefficient (Wildman–Crippen LogP) is 3.27. The third-order valence-electron chi connectivity index (χ3n) is 2.46. The first-order valence-corrected chi connectivity index (χ1v) is 6.30. The predicted molar refractivity (Wildman–Crippen MR) is 73.5 cm³/mol. The van der Waals surface area contributed by atoms with Crippen LogP contribution in [0.25, 0.3) is 10.9 Å². The molecule has 1 amide bonds. The lowest BCUT2D eigenvalue weighted by molar-refractivity contribution is -0.115. The fourth-order valence-corrected chi connectivity index (χ4v) is 1.66. The normalized spacial score (nSPS) is 12.4. The molecule has 0 unspecified atom stereocenters. The molecule has 0 radical (unpaired) electrons. The minimum Gasteiger partial charge on any atom is -0.325 e. The van der Waals surface area contributed by atoms with Crippen molar-refractivity contribution >= 4 is 38.4 Å². The van der Waals surface area contributed by atoms with Crippen molar-refractivity contribution in [1.29, 1.82) is 0 Å². The van der Waals surface area contributed by atoms with Crippen LogP contribution in [0.5, 0.6) is 0 Å². The quantitative estimate of drug-likeness (QED) is 0.863. The molecule has 3 nitrogen and oxygen atoms in total. The Labute approximate surface area is 108 Å². The number of hydrogen-bond acceptors (Lipinski definition) is 2. The van der Waals surface area contributed by atoms with Crippen molar-refractivity contribution in [3.8, 4) is 0 Å². The first-order chi connectivity index (χ1) is 8.06. The maximum atomic E-state index is 11.5. The third kappa shape index (κ3) is 2.82. The first kappa shape index (κ1) is 12.0. The highest BCUT2D eigenvalue weighted by atomic mass is 79.9. The van der Waals surface area contributed by atoms with E-state index >= 15 is 0 Å². The number of benzene rings is 1. The number of carbonyl (C=O) groups is 1.